The number of rotatable bonds is 8. The van der Waals surface area contributed by atoms with Gasteiger partial charge < -0.3 is 14.8 Å². The van der Waals surface area contributed by atoms with Gasteiger partial charge in [-0.2, -0.15) is 0 Å². The summed E-state index contributed by atoms with van der Waals surface area (Å²) in [5.74, 6) is 0.00192. The van der Waals surface area contributed by atoms with Gasteiger partial charge in [-0.1, -0.05) is 6.07 Å². The molecule has 108 valence electrons. The molecule has 4 heteroatoms. The van der Waals surface area contributed by atoms with Gasteiger partial charge in [-0.25, -0.2) is 4.39 Å². The summed E-state index contributed by atoms with van der Waals surface area (Å²) in [4.78, 5) is 0. The quantitative estimate of drug-likeness (QED) is 0.735. The number of hydrogen-bond acceptors (Lipinski definition) is 3. The molecule has 0 fully saturated rings. The van der Waals surface area contributed by atoms with Crippen LogP contribution in [-0.2, 0) is 4.74 Å². The van der Waals surface area contributed by atoms with E-state index < -0.39 is 0 Å². The van der Waals surface area contributed by atoms with E-state index in [2.05, 4.69) is 5.32 Å². The molecule has 1 rings (SSSR count). The Balaban J connectivity index is 2.56. The van der Waals surface area contributed by atoms with Crippen LogP contribution in [0, 0.1) is 5.82 Å². The lowest BCUT2D eigenvalue weighted by atomic mass is 10.1. The van der Waals surface area contributed by atoms with Gasteiger partial charge in [0.25, 0.3) is 0 Å². The Morgan fingerprint density at radius 1 is 1.26 bits per heavy atom. The fourth-order valence-electron chi connectivity index (χ4n) is 1.79. The van der Waals surface area contributed by atoms with Gasteiger partial charge in [0, 0.05) is 19.8 Å². The van der Waals surface area contributed by atoms with Crippen molar-refractivity contribution >= 4 is 0 Å². The lowest BCUT2D eigenvalue weighted by Crippen LogP contribution is -2.21. The highest BCUT2D eigenvalue weighted by molar-refractivity contribution is 5.31. The second-order valence-electron chi connectivity index (χ2n) is 4.88. The van der Waals surface area contributed by atoms with Crippen LogP contribution in [-0.4, -0.2) is 26.4 Å². The fourth-order valence-corrected chi connectivity index (χ4v) is 1.79. The van der Waals surface area contributed by atoms with Crippen molar-refractivity contribution in [2.45, 2.75) is 39.3 Å². The van der Waals surface area contributed by atoms with Crippen LogP contribution < -0.4 is 10.1 Å². The summed E-state index contributed by atoms with van der Waals surface area (Å²) >= 11 is 0. The minimum Gasteiger partial charge on any atom is -0.488 e. The maximum atomic E-state index is 13.8. The normalized spacial score (nSPS) is 12.7. The highest BCUT2D eigenvalue weighted by Gasteiger charge is 2.10. The minimum atomic E-state index is -0.309. The molecule has 1 N–H and O–H groups in total. The first-order valence-corrected chi connectivity index (χ1v) is 6.73. The molecular weight excluding hydrogens is 245 g/mol. The monoisotopic (exact) mass is 269 g/mol. The van der Waals surface area contributed by atoms with Crippen molar-refractivity contribution in [3.63, 3.8) is 0 Å². The molecule has 0 saturated carbocycles. The Morgan fingerprint density at radius 3 is 2.58 bits per heavy atom. The number of hydrogen-bond donors (Lipinski definition) is 1. The molecule has 0 aliphatic rings. The van der Waals surface area contributed by atoms with Gasteiger partial charge in [0.2, 0.25) is 0 Å². The van der Waals surface area contributed by atoms with E-state index in [-0.39, 0.29) is 18.0 Å². The van der Waals surface area contributed by atoms with Crippen molar-refractivity contribution in [2.24, 2.45) is 0 Å². The molecule has 0 aromatic heterocycles. The predicted octanol–water partition coefficient (Wildman–Crippen LogP) is 3.30. The van der Waals surface area contributed by atoms with Gasteiger partial charge in [0.15, 0.2) is 11.6 Å². The van der Waals surface area contributed by atoms with Crippen LogP contribution in [0.2, 0.25) is 0 Å². The van der Waals surface area contributed by atoms with E-state index in [1.807, 2.05) is 26.8 Å². The average Bonchev–Trinajstić information content (AvgIpc) is 2.36. The maximum absolute atomic E-state index is 13.8. The standard InChI is InChI=1S/C15H24FNO2/c1-11(2)19-15-7-6-13(10-14(15)16)12(3)17-8-5-9-18-4/h6-7,10-12,17H,5,8-9H2,1-4H3/t12-/m0/s1. The first-order chi connectivity index (χ1) is 9.04. The maximum Gasteiger partial charge on any atom is 0.165 e. The van der Waals surface area contributed by atoms with Crippen LogP contribution in [0.1, 0.15) is 38.8 Å². The minimum absolute atomic E-state index is 0.0232. The number of halogens is 1. The van der Waals surface area contributed by atoms with E-state index in [4.69, 9.17) is 9.47 Å². The molecule has 0 unspecified atom stereocenters. The highest BCUT2D eigenvalue weighted by atomic mass is 19.1. The molecule has 0 saturated heterocycles. The third kappa shape index (κ3) is 5.57. The summed E-state index contributed by atoms with van der Waals surface area (Å²) in [7, 11) is 1.69. The van der Waals surface area contributed by atoms with Crippen molar-refractivity contribution in [1.29, 1.82) is 0 Å². The first-order valence-electron chi connectivity index (χ1n) is 6.73. The van der Waals surface area contributed by atoms with Gasteiger partial charge in [0.1, 0.15) is 0 Å². The van der Waals surface area contributed by atoms with Crippen LogP contribution in [0.25, 0.3) is 0 Å². The molecule has 1 aromatic carbocycles. The van der Waals surface area contributed by atoms with Gasteiger partial charge in [0.05, 0.1) is 6.10 Å². The Morgan fingerprint density at radius 2 is 2.00 bits per heavy atom. The summed E-state index contributed by atoms with van der Waals surface area (Å²) in [5, 5.41) is 3.33. The summed E-state index contributed by atoms with van der Waals surface area (Å²) in [6, 6.07) is 5.23. The predicted molar refractivity (Wildman–Crippen MR) is 75.1 cm³/mol. The smallest absolute Gasteiger partial charge is 0.165 e. The molecule has 1 atom stereocenters. The summed E-state index contributed by atoms with van der Waals surface area (Å²) < 4.78 is 24.2. The van der Waals surface area contributed by atoms with Crippen molar-refractivity contribution in [3.8, 4) is 5.75 Å². The van der Waals surface area contributed by atoms with E-state index >= 15 is 0 Å². The van der Waals surface area contributed by atoms with Crippen LogP contribution in [0.5, 0.6) is 5.75 Å². The number of ether oxygens (including phenoxy) is 2. The molecule has 0 bridgehead atoms. The van der Waals surface area contributed by atoms with Crippen LogP contribution in [0.15, 0.2) is 18.2 Å². The SMILES string of the molecule is COCCCN[C@@H](C)c1ccc(OC(C)C)c(F)c1. The second-order valence-corrected chi connectivity index (χ2v) is 4.88. The Labute approximate surface area is 115 Å². The van der Waals surface area contributed by atoms with Crippen molar-refractivity contribution in [1.82, 2.24) is 5.32 Å². The zero-order valence-corrected chi connectivity index (χ0v) is 12.2. The van der Waals surface area contributed by atoms with E-state index in [0.717, 1.165) is 25.1 Å². The third-order valence-corrected chi connectivity index (χ3v) is 2.79. The Kier molecular flexibility index (Phi) is 6.81. The van der Waals surface area contributed by atoms with E-state index in [0.29, 0.717) is 5.75 Å². The summed E-state index contributed by atoms with van der Waals surface area (Å²) in [6.07, 6.45) is 0.919. The van der Waals surface area contributed by atoms with Crippen molar-refractivity contribution < 1.29 is 13.9 Å². The molecule has 0 spiro atoms. The molecule has 0 aliphatic carbocycles. The molecule has 0 amide bonds. The summed E-state index contributed by atoms with van der Waals surface area (Å²) in [5.41, 5.74) is 0.922. The second kappa shape index (κ2) is 8.12. The topological polar surface area (TPSA) is 30.5 Å². The number of methoxy groups -OCH3 is 1. The van der Waals surface area contributed by atoms with Crippen molar-refractivity contribution in [2.75, 3.05) is 20.3 Å². The Hall–Kier alpha value is -1.13. The van der Waals surface area contributed by atoms with Gasteiger partial charge in [-0.15, -0.1) is 0 Å². The molecule has 1 aromatic rings. The molecule has 19 heavy (non-hydrogen) atoms. The van der Waals surface area contributed by atoms with Crippen LogP contribution in [0.4, 0.5) is 4.39 Å². The Bertz CT molecular complexity index is 382. The fraction of sp³-hybridized carbons (Fsp3) is 0.600. The lowest BCUT2D eigenvalue weighted by Gasteiger charge is -2.16. The lowest BCUT2D eigenvalue weighted by molar-refractivity contribution is 0.193. The van der Waals surface area contributed by atoms with E-state index in [1.165, 1.54) is 6.07 Å². The summed E-state index contributed by atoms with van der Waals surface area (Å²) in [6.45, 7) is 7.36. The molecule has 0 aliphatic heterocycles. The van der Waals surface area contributed by atoms with Crippen LogP contribution >= 0.6 is 0 Å². The van der Waals surface area contributed by atoms with E-state index in [1.54, 1.807) is 13.2 Å². The molecule has 3 nitrogen and oxygen atoms in total. The molecule has 0 radical (unpaired) electrons. The highest BCUT2D eigenvalue weighted by Crippen LogP contribution is 2.22. The number of nitrogens with one attached hydrogen (secondary N) is 1. The molecular formula is C15H24FNO2. The van der Waals surface area contributed by atoms with Gasteiger partial charge in [-0.3, -0.25) is 0 Å². The van der Waals surface area contributed by atoms with Crippen molar-refractivity contribution in [3.05, 3.63) is 29.6 Å². The largest absolute Gasteiger partial charge is 0.488 e. The zero-order chi connectivity index (χ0) is 14.3. The average molecular weight is 269 g/mol. The van der Waals surface area contributed by atoms with Gasteiger partial charge >= 0.3 is 0 Å². The van der Waals surface area contributed by atoms with Crippen LogP contribution in [0.3, 0.4) is 0 Å². The molecule has 0 heterocycles. The third-order valence-electron chi connectivity index (χ3n) is 2.79. The zero-order valence-electron chi connectivity index (χ0n) is 12.2. The first kappa shape index (κ1) is 15.9. The number of benzene rings is 1. The van der Waals surface area contributed by atoms with E-state index in [9.17, 15) is 4.39 Å². The van der Waals surface area contributed by atoms with Gasteiger partial charge in [-0.05, 0) is 51.4 Å².